The second-order valence-corrected chi connectivity index (χ2v) is 8.84. The summed E-state index contributed by atoms with van der Waals surface area (Å²) in [4.78, 5) is 34.5. The molecular weight excluding hydrogens is 470 g/mol. The lowest BCUT2D eigenvalue weighted by molar-refractivity contribution is -0.0503. The van der Waals surface area contributed by atoms with E-state index in [-0.39, 0.29) is 28.3 Å². The van der Waals surface area contributed by atoms with Crippen LogP contribution in [0.25, 0.3) is 22.3 Å². The zero-order chi connectivity index (χ0) is 25.1. The Balaban J connectivity index is 1.60. The topological polar surface area (TPSA) is 106 Å². The number of carbonyl (C=O) groups is 2. The number of nitrogens with zero attached hydrogens (tertiary/aromatic N) is 3. The van der Waals surface area contributed by atoms with E-state index in [4.69, 9.17) is 4.74 Å². The van der Waals surface area contributed by atoms with Crippen LogP contribution in [0.4, 0.5) is 8.78 Å². The van der Waals surface area contributed by atoms with Crippen LogP contribution >= 0.6 is 0 Å². The number of aliphatic hydroxyl groups excluding tert-OH is 1. The molecule has 4 heterocycles. The van der Waals surface area contributed by atoms with Crippen molar-refractivity contribution < 1.29 is 28.2 Å². The number of nitrogens with one attached hydrogen (secondary N) is 1. The minimum absolute atomic E-state index is 0.0120. The van der Waals surface area contributed by atoms with Gasteiger partial charge in [-0.2, -0.15) is 8.78 Å². The molecule has 10 heteroatoms. The monoisotopic (exact) mass is 490 g/mol. The molecule has 6 rings (SSSR count). The van der Waals surface area contributed by atoms with Crippen LogP contribution in [-0.2, 0) is 0 Å². The highest BCUT2D eigenvalue weighted by Crippen LogP contribution is 2.49. The normalized spacial score (nSPS) is 19.0. The average molecular weight is 490 g/mol. The van der Waals surface area contributed by atoms with Gasteiger partial charge in [-0.05, 0) is 49.7 Å². The summed E-state index contributed by atoms with van der Waals surface area (Å²) in [5.41, 5.74) is 2.48. The second kappa shape index (κ2) is 8.20. The number of amides is 1. The Morgan fingerprint density at radius 3 is 2.67 bits per heavy atom. The molecule has 0 radical (unpaired) electrons. The number of aromatic nitrogens is 3. The van der Waals surface area contributed by atoms with Gasteiger partial charge in [-0.15, -0.1) is 0 Å². The molecule has 36 heavy (non-hydrogen) atoms. The maximum absolute atomic E-state index is 13.8. The molecule has 4 aromatic rings. The first-order valence-corrected chi connectivity index (χ1v) is 11.4. The molecule has 2 aliphatic rings. The van der Waals surface area contributed by atoms with Crippen molar-refractivity contribution in [3.8, 4) is 17.0 Å². The van der Waals surface area contributed by atoms with E-state index in [1.807, 2.05) is 28.8 Å². The number of carbonyl (C=O) groups excluding carboxylic acids is 2. The number of hydrogen-bond donors (Lipinski definition) is 2. The van der Waals surface area contributed by atoms with Crippen LogP contribution in [0.15, 0.2) is 54.6 Å². The molecule has 2 aliphatic heterocycles. The van der Waals surface area contributed by atoms with Gasteiger partial charge in [0.15, 0.2) is 0 Å². The summed E-state index contributed by atoms with van der Waals surface area (Å²) in [6.07, 6.45) is -0.855. The number of halogens is 2. The number of aliphatic hydroxyl groups is 1. The molecule has 0 fully saturated rings. The highest BCUT2D eigenvalue weighted by Gasteiger charge is 2.43. The Bertz CT molecular complexity index is 1550. The van der Waals surface area contributed by atoms with Crippen molar-refractivity contribution in [2.24, 2.45) is 0 Å². The first-order valence-electron chi connectivity index (χ1n) is 11.4. The van der Waals surface area contributed by atoms with Crippen molar-refractivity contribution in [2.75, 3.05) is 0 Å². The molecule has 0 saturated heterocycles. The van der Waals surface area contributed by atoms with Crippen LogP contribution in [-0.4, -0.2) is 44.0 Å². The molecule has 2 aromatic heterocycles. The number of alkyl halides is 2. The quantitative estimate of drug-likeness (QED) is 0.409. The van der Waals surface area contributed by atoms with Crippen molar-refractivity contribution >= 4 is 22.7 Å². The molecule has 3 atom stereocenters. The molecule has 2 aromatic carbocycles. The minimum atomic E-state index is -3.17. The Morgan fingerprint density at radius 2 is 1.89 bits per heavy atom. The number of para-hydroxylation sites is 2. The molecule has 1 unspecified atom stereocenters. The fraction of sp³-hybridized carbons (Fsp3) is 0.231. The van der Waals surface area contributed by atoms with Crippen LogP contribution in [0.5, 0.6) is 5.75 Å². The lowest BCUT2D eigenvalue weighted by Gasteiger charge is -2.23. The first-order chi connectivity index (χ1) is 17.3. The fourth-order valence-corrected chi connectivity index (χ4v) is 5.16. The van der Waals surface area contributed by atoms with Crippen molar-refractivity contribution in [3.63, 3.8) is 0 Å². The second-order valence-electron chi connectivity index (χ2n) is 8.84. The van der Waals surface area contributed by atoms with E-state index in [0.717, 1.165) is 11.0 Å². The molecule has 0 aliphatic carbocycles. The number of ketones is 1. The summed E-state index contributed by atoms with van der Waals surface area (Å²) in [5.74, 6) is -0.540. The number of ether oxygens (including phenoxy) is 1. The van der Waals surface area contributed by atoms with Crippen molar-refractivity contribution in [2.45, 2.75) is 38.1 Å². The summed E-state index contributed by atoms with van der Waals surface area (Å²) in [5, 5.41) is 12.7. The molecule has 182 valence electrons. The van der Waals surface area contributed by atoms with E-state index < -0.39 is 36.5 Å². The maximum atomic E-state index is 13.8. The summed E-state index contributed by atoms with van der Waals surface area (Å²) >= 11 is 0. The number of imidazole rings is 1. The van der Waals surface area contributed by atoms with Gasteiger partial charge in [-0.25, -0.2) is 9.97 Å². The molecule has 2 N–H and O–H groups in total. The van der Waals surface area contributed by atoms with Gasteiger partial charge in [0.2, 0.25) is 5.78 Å². The van der Waals surface area contributed by atoms with E-state index in [9.17, 15) is 23.5 Å². The predicted octanol–water partition coefficient (Wildman–Crippen LogP) is 4.04. The van der Waals surface area contributed by atoms with Crippen LogP contribution in [0.3, 0.4) is 0 Å². The molecule has 8 nitrogen and oxygen atoms in total. The summed E-state index contributed by atoms with van der Waals surface area (Å²) < 4.78 is 34.6. The number of rotatable bonds is 5. The average Bonchev–Trinajstić information content (AvgIpc) is 3.35. The van der Waals surface area contributed by atoms with Gasteiger partial charge in [-0.1, -0.05) is 18.2 Å². The van der Waals surface area contributed by atoms with E-state index in [1.165, 1.54) is 19.1 Å². The molecule has 0 spiro atoms. The third-order valence-corrected chi connectivity index (χ3v) is 6.65. The Labute approximate surface area is 203 Å². The van der Waals surface area contributed by atoms with Crippen LogP contribution in [0, 0.1) is 0 Å². The van der Waals surface area contributed by atoms with Crippen LogP contribution in [0.1, 0.15) is 57.7 Å². The number of pyridine rings is 1. The highest BCUT2D eigenvalue weighted by atomic mass is 19.3. The minimum Gasteiger partial charge on any atom is -0.434 e. The molecule has 1 amide bonds. The third-order valence-electron chi connectivity index (χ3n) is 6.65. The fourth-order valence-electron chi connectivity index (χ4n) is 5.16. The lowest BCUT2D eigenvalue weighted by atomic mass is 9.93. The van der Waals surface area contributed by atoms with E-state index in [1.54, 1.807) is 18.2 Å². The Kier molecular flexibility index (Phi) is 5.08. The van der Waals surface area contributed by atoms with Crippen LogP contribution < -0.4 is 10.1 Å². The van der Waals surface area contributed by atoms with Crippen molar-refractivity contribution in [1.29, 1.82) is 0 Å². The summed E-state index contributed by atoms with van der Waals surface area (Å²) in [7, 11) is 0. The number of Topliss-reactive ketones (excluding diaryl/α,β-unsaturated/α-hetero) is 1. The number of benzene rings is 2. The zero-order valence-electron chi connectivity index (χ0n) is 19.0. The summed E-state index contributed by atoms with van der Waals surface area (Å²) in [6, 6.07) is 14.2. The zero-order valence-corrected chi connectivity index (χ0v) is 19.0. The van der Waals surface area contributed by atoms with Gasteiger partial charge in [0, 0.05) is 16.7 Å². The van der Waals surface area contributed by atoms with E-state index in [0.29, 0.717) is 17.8 Å². The van der Waals surface area contributed by atoms with Gasteiger partial charge in [0.1, 0.15) is 23.4 Å². The number of fused-ring (bicyclic) bond motifs is 9. The molecular formula is C26H20F2N4O4. The standard InChI is InChI=1S/C26H20F2N4O4/c1-12(33)22(34)17-7-4-6-15(29-17)13-9-10-14-21(23(13)36-26(27)28)20-11-18(31-25(14)35)24-30-16-5-2-3-8-19(16)32(20)24/h2-10,12,18,20,26,33H,11H2,1H3,(H,31,35)/t12?,18-,20-/m1/s1. The maximum Gasteiger partial charge on any atom is 0.387 e. The smallest absolute Gasteiger partial charge is 0.387 e. The number of hydrogen-bond acceptors (Lipinski definition) is 6. The van der Waals surface area contributed by atoms with Crippen molar-refractivity contribution in [1.82, 2.24) is 19.9 Å². The molecule has 0 saturated carbocycles. The van der Waals surface area contributed by atoms with Gasteiger partial charge >= 0.3 is 6.61 Å². The largest absolute Gasteiger partial charge is 0.434 e. The first kappa shape index (κ1) is 22.3. The predicted molar refractivity (Wildman–Crippen MR) is 125 cm³/mol. The highest BCUT2D eigenvalue weighted by molar-refractivity contribution is 6.00. The van der Waals surface area contributed by atoms with Gasteiger partial charge in [-0.3, -0.25) is 9.59 Å². The van der Waals surface area contributed by atoms with E-state index in [2.05, 4.69) is 15.3 Å². The summed E-state index contributed by atoms with van der Waals surface area (Å²) in [6.45, 7) is -1.84. The Hall–Kier alpha value is -4.18. The van der Waals surface area contributed by atoms with Crippen LogP contribution in [0.2, 0.25) is 0 Å². The Morgan fingerprint density at radius 1 is 1.11 bits per heavy atom. The SMILES string of the molecule is CC(O)C(=O)c1cccc(-c2ccc3c(c2OC(F)F)[C@H]2C[C@@H](NC3=O)c3nc4ccccc4n32)n1. The lowest BCUT2D eigenvalue weighted by Crippen LogP contribution is -2.28. The van der Waals surface area contributed by atoms with Gasteiger partial charge in [0.05, 0.1) is 28.8 Å². The third kappa shape index (κ3) is 3.36. The van der Waals surface area contributed by atoms with E-state index >= 15 is 0 Å². The molecule has 2 bridgehead atoms. The van der Waals surface area contributed by atoms with Crippen molar-refractivity contribution in [3.05, 3.63) is 77.2 Å². The van der Waals surface area contributed by atoms with Gasteiger partial charge < -0.3 is 19.7 Å². The van der Waals surface area contributed by atoms with Gasteiger partial charge in [0.25, 0.3) is 5.91 Å².